The maximum atomic E-state index is 14.5. The predicted octanol–water partition coefficient (Wildman–Crippen LogP) is 13.8. The first-order valence-electron chi connectivity index (χ1n) is 18.8. The molecule has 0 aromatic heterocycles. The van der Waals surface area contributed by atoms with Crippen molar-refractivity contribution in [3.63, 3.8) is 0 Å². The summed E-state index contributed by atoms with van der Waals surface area (Å²) in [6.07, 6.45) is 0. The van der Waals surface area contributed by atoms with Gasteiger partial charge in [0, 0.05) is 5.41 Å². The van der Waals surface area contributed by atoms with E-state index in [2.05, 4.69) is 13.8 Å². The topological polar surface area (TPSA) is 89.5 Å². The standard InChI is InChI=1S/C47H50O8P2/c1-31-15-11-16-32(2)43(31)52-56(48,53-44-33(3)17-12-18-34(44)4)50-41-27-23-39(24-28-41)47(9,10)40-25-29-42(30-26-40)51-57(49,54-45-35(5)19-13-20-36(45)6)55-46-37(7)21-14-22-38(46)8/h11-30H,1-10H3. The first-order valence-corrected chi connectivity index (χ1v) is 21.7. The number of aryl methyl sites for hydroxylation is 8. The van der Waals surface area contributed by atoms with Crippen LogP contribution < -0.4 is 27.1 Å². The fourth-order valence-electron chi connectivity index (χ4n) is 6.62. The lowest BCUT2D eigenvalue weighted by atomic mass is 9.78. The van der Waals surface area contributed by atoms with Crippen LogP contribution in [0.1, 0.15) is 69.5 Å². The molecule has 0 heterocycles. The van der Waals surface area contributed by atoms with Crippen LogP contribution in [0.5, 0.6) is 34.5 Å². The highest BCUT2D eigenvalue weighted by Gasteiger charge is 2.37. The molecule has 0 saturated carbocycles. The summed E-state index contributed by atoms with van der Waals surface area (Å²) in [7, 11) is -8.49. The van der Waals surface area contributed by atoms with Crippen LogP contribution in [0.15, 0.2) is 121 Å². The number of rotatable bonds is 14. The van der Waals surface area contributed by atoms with Crippen molar-refractivity contribution < 1.29 is 36.3 Å². The van der Waals surface area contributed by atoms with E-state index in [1.807, 2.05) is 152 Å². The van der Waals surface area contributed by atoms with Crippen LogP contribution in [0, 0.1) is 55.4 Å². The van der Waals surface area contributed by atoms with Crippen LogP contribution in [-0.2, 0) is 14.5 Å². The minimum atomic E-state index is -4.24. The lowest BCUT2D eigenvalue weighted by molar-refractivity contribution is 0.294. The van der Waals surface area contributed by atoms with E-state index in [0.29, 0.717) is 34.5 Å². The fraction of sp³-hybridized carbons (Fsp3) is 0.234. The van der Waals surface area contributed by atoms with Gasteiger partial charge in [0.05, 0.1) is 0 Å². The van der Waals surface area contributed by atoms with Gasteiger partial charge in [-0.15, -0.1) is 0 Å². The average Bonchev–Trinajstić information content (AvgIpc) is 3.15. The second-order valence-electron chi connectivity index (χ2n) is 15.0. The van der Waals surface area contributed by atoms with E-state index in [0.717, 1.165) is 55.6 Å². The molecule has 0 radical (unpaired) electrons. The Kier molecular flexibility index (Phi) is 12.0. The minimum absolute atomic E-state index is 0.322. The zero-order valence-electron chi connectivity index (χ0n) is 34.2. The van der Waals surface area contributed by atoms with Crippen LogP contribution >= 0.6 is 15.6 Å². The van der Waals surface area contributed by atoms with Gasteiger partial charge < -0.3 is 27.1 Å². The Hall–Kier alpha value is -5.42. The van der Waals surface area contributed by atoms with Gasteiger partial charge in [0.2, 0.25) is 0 Å². The third-order valence-corrected chi connectivity index (χ3v) is 12.5. The molecule has 0 N–H and O–H groups in total. The SMILES string of the molecule is Cc1cccc(C)c1OP(=O)(Oc1ccc(C(C)(C)c2ccc(OP(=O)(Oc3c(C)cccc3C)Oc3c(C)cccc3C)cc2)cc1)Oc1c(C)cccc1C. The van der Waals surface area contributed by atoms with Crippen LogP contribution in [0.25, 0.3) is 0 Å². The molecule has 296 valence electrons. The predicted molar refractivity (Wildman–Crippen MR) is 228 cm³/mol. The van der Waals surface area contributed by atoms with Crippen LogP contribution in [0.4, 0.5) is 0 Å². The molecule has 0 bridgehead atoms. The number of para-hydroxylation sites is 4. The van der Waals surface area contributed by atoms with Gasteiger partial charge >= 0.3 is 15.6 Å². The van der Waals surface area contributed by atoms with Crippen molar-refractivity contribution in [2.45, 2.75) is 74.7 Å². The van der Waals surface area contributed by atoms with Gasteiger partial charge in [-0.1, -0.05) is 111 Å². The molecule has 0 saturated heterocycles. The summed E-state index contributed by atoms with van der Waals surface area (Å²) in [5.41, 5.74) is 7.91. The Morgan fingerprint density at radius 1 is 0.333 bits per heavy atom. The summed E-state index contributed by atoms with van der Waals surface area (Å²) in [6, 6.07) is 37.5. The van der Waals surface area contributed by atoms with E-state index < -0.39 is 21.1 Å². The number of hydrogen-bond acceptors (Lipinski definition) is 8. The van der Waals surface area contributed by atoms with Crippen molar-refractivity contribution in [1.82, 2.24) is 0 Å². The first kappa shape index (κ1) is 41.2. The Labute approximate surface area is 337 Å². The van der Waals surface area contributed by atoms with Crippen molar-refractivity contribution in [1.29, 1.82) is 0 Å². The molecule has 6 aromatic carbocycles. The van der Waals surface area contributed by atoms with Crippen LogP contribution in [0.3, 0.4) is 0 Å². The molecule has 6 rings (SSSR count). The quantitative estimate of drug-likeness (QED) is 0.101. The van der Waals surface area contributed by atoms with E-state index >= 15 is 0 Å². The highest BCUT2D eigenvalue weighted by molar-refractivity contribution is 7.50. The van der Waals surface area contributed by atoms with Crippen LogP contribution in [0.2, 0.25) is 0 Å². The van der Waals surface area contributed by atoms with Gasteiger partial charge in [-0.05, 0) is 135 Å². The van der Waals surface area contributed by atoms with E-state index in [4.69, 9.17) is 27.1 Å². The Balaban J connectivity index is 1.24. The molecule has 57 heavy (non-hydrogen) atoms. The summed E-state index contributed by atoms with van der Waals surface area (Å²) < 4.78 is 65.9. The number of phosphoric ester groups is 2. The van der Waals surface area contributed by atoms with Crippen molar-refractivity contribution in [2.24, 2.45) is 0 Å². The maximum absolute atomic E-state index is 14.5. The normalized spacial score (nSPS) is 11.8. The number of hydrogen-bond donors (Lipinski definition) is 0. The van der Waals surface area contributed by atoms with Gasteiger partial charge in [0.25, 0.3) is 0 Å². The van der Waals surface area contributed by atoms with Crippen molar-refractivity contribution in [3.8, 4) is 34.5 Å². The largest absolute Gasteiger partial charge is 0.647 e. The van der Waals surface area contributed by atoms with Crippen molar-refractivity contribution in [2.75, 3.05) is 0 Å². The van der Waals surface area contributed by atoms with Crippen LogP contribution in [-0.4, -0.2) is 0 Å². The molecule has 0 unspecified atom stereocenters. The smallest absolute Gasteiger partial charge is 0.386 e. The van der Waals surface area contributed by atoms with Gasteiger partial charge in [0.1, 0.15) is 34.5 Å². The van der Waals surface area contributed by atoms with Gasteiger partial charge in [-0.3, -0.25) is 0 Å². The van der Waals surface area contributed by atoms with Crippen molar-refractivity contribution >= 4 is 15.6 Å². The summed E-state index contributed by atoms with van der Waals surface area (Å²) in [5.74, 6) is 2.43. The monoisotopic (exact) mass is 804 g/mol. The van der Waals surface area contributed by atoms with Gasteiger partial charge in [-0.2, -0.15) is 9.13 Å². The van der Waals surface area contributed by atoms with Crippen molar-refractivity contribution in [3.05, 3.63) is 177 Å². The zero-order chi connectivity index (χ0) is 41.1. The molecule has 10 heteroatoms. The molecule has 0 aliphatic heterocycles. The Morgan fingerprint density at radius 3 is 0.754 bits per heavy atom. The highest BCUT2D eigenvalue weighted by Crippen LogP contribution is 2.54. The summed E-state index contributed by atoms with van der Waals surface area (Å²) >= 11 is 0. The zero-order valence-corrected chi connectivity index (χ0v) is 36.0. The average molecular weight is 805 g/mol. The number of phosphoric acid groups is 2. The third-order valence-electron chi connectivity index (χ3n) is 10.0. The summed E-state index contributed by atoms with van der Waals surface area (Å²) in [4.78, 5) is 0. The fourth-order valence-corrected chi connectivity index (χ4v) is 9.65. The highest BCUT2D eigenvalue weighted by atomic mass is 31.2. The summed E-state index contributed by atoms with van der Waals surface area (Å²) in [6.45, 7) is 19.3. The lowest BCUT2D eigenvalue weighted by Gasteiger charge is -2.27. The molecule has 6 aromatic rings. The van der Waals surface area contributed by atoms with E-state index in [1.165, 1.54) is 0 Å². The molecule has 0 spiro atoms. The summed E-state index contributed by atoms with van der Waals surface area (Å²) in [5, 5.41) is 0. The van der Waals surface area contributed by atoms with E-state index in [1.54, 1.807) is 24.3 Å². The Bertz CT molecular complexity index is 2120. The van der Waals surface area contributed by atoms with Gasteiger partial charge in [0.15, 0.2) is 0 Å². The molecule has 0 aliphatic carbocycles. The maximum Gasteiger partial charge on any atom is 0.647 e. The molecular weight excluding hydrogens is 754 g/mol. The molecule has 0 fully saturated rings. The first-order chi connectivity index (χ1) is 27.0. The lowest BCUT2D eigenvalue weighted by Crippen LogP contribution is -2.18. The number of benzene rings is 6. The molecule has 0 amide bonds. The Morgan fingerprint density at radius 2 is 0.544 bits per heavy atom. The molecule has 8 nitrogen and oxygen atoms in total. The molecule has 0 atom stereocenters. The third kappa shape index (κ3) is 9.42. The molecular formula is C47H50O8P2. The van der Waals surface area contributed by atoms with E-state index in [9.17, 15) is 9.13 Å². The minimum Gasteiger partial charge on any atom is -0.386 e. The van der Waals surface area contributed by atoms with E-state index in [-0.39, 0.29) is 0 Å². The van der Waals surface area contributed by atoms with Gasteiger partial charge in [-0.25, -0.2) is 0 Å². The molecule has 0 aliphatic rings. The second kappa shape index (κ2) is 16.6. The second-order valence-corrected chi connectivity index (χ2v) is 17.9.